The lowest BCUT2D eigenvalue weighted by atomic mass is 10.1. The number of nitrogens with one attached hydrogen (secondary N) is 1. The summed E-state index contributed by atoms with van der Waals surface area (Å²) in [6, 6.07) is 1.91. The average Bonchev–Trinajstić information content (AvgIpc) is 2.15. The Kier molecular flexibility index (Phi) is 4.32. The maximum atomic E-state index is 9.03. The van der Waals surface area contributed by atoms with Gasteiger partial charge in [0.2, 0.25) is 0 Å². The van der Waals surface area contributed by atoms with Crippen molar-refractivity contribution in [2.24, 2.45) is 5.73 Å². The molecular weight excluding hydrogens is 222 g/mol. The largest absolute Gasteiger partial charge is 0.395 e. The van der Waals surface area contributed by atoms with Crippen LogP contribution in [0.1, 0.15) is 23.7 Å². The van der Waals surface area contributed by atoms with E-state index in [1.165, 1.54) is 11.8 Å². The van der Waals surface area contributed by atoms with Gasteiger partial charge in [-0.05, 0) is 25.5 Å². The Balaban J connectivity index is 3.19. The van der Waals surface area contributed by atoms with E-state index in [1.54, 1.807) is 0 Å². The molecule has 5 heteroatoms. The fraction of sp³-hybridized carbons (Fsp3) is 0.455. The molecule has 4 N–H and O–H groups in total. The highest BCUT2D eigenvalue weighted by molar-refractivity contribution is 7.99. The minimum Gasteiger partial charge on any atom is -0.395 e. The molecule has 0 aromatic carbocycles. The normalized spacial score (nSPS) is 12.5. The summed E-state index contributed by atoms with van der Waals surface area (Å²) in [7, 11) is 0. The Morgan fingerprint density at radius 3 is 2.75 bits per heavy atom. The molecule has 0 spiro atoms. The van der Waals surface area contributed by atoms with Crippen LogP contribution in [0, 0.1) is 19.3 Å². The van der Waals surface area contributed by atoms with E-state index in [9.17, 15) is 0 Å². The number of thioether (sulfide) groups is 1. The van der Waals surface area contributed by atoms with Crippen molar-refractivity contribution in [2.45, 2.75) is 31.0 Å². The van der Waals surface area contributed by atoms with E-state index in [1.807, 2.05) is 26.8 Å². The number of rotatable bonds is 4. The summed E-state index contributed by atoms with van der Waals surface area (Å²) in [6.45, 7) is 5.81. The number of nitrogens with zero attached hydrogens (tertiary/aromatic N) is 1. The van der Waals surface area contributed by atoms with Gasteiger partial charge in [-0.25, -0.2) is 4.98 Å². The van der Waals surface area contributed by atoms with Gasteiger partial charge in [-0.1, -0.05) is 6.92 Å². The number of pyridine rings is 1. The van der Waals surface area contributed by atoms with Gasteiger partial charge in [0.1, 0.15) is 10.9 Å². The SMILES string of the molecule is Cc1cc(C)c(C(=N)N)c(SC(C)CO)n1. The molecule has 1 rings (SSSR count). The van der Waals surface area contributed by atoms with Crippen molar-refractivity contribution in [1.29, 1.82) is 5.41 Å². The monoisotopic (exact) mass is 239 g/mol. The molecule has 1 atom stereocenters. The Bertz CT molecular complexity index is 406. The second kappa shape index (κ2) is 5.32. The number of aliphatic hydroxyl groups is 1. The van der Waals surface area contributed by atoms with Crippen molar-refractivity contribution in [3.63, 3.8) is 0 Å². The molecule has 1 aromatic heterocycles. The molecule has 0 saturated heterocycles. The Hall–Kier alpha value is -1.07. The first-order valence-electron chi connectivity index (χ1n) is 5.05. The van der Waals surface area contributed by atoms with E-state index in [2.05, 4.69) is 4.98 Å². The maximum absolute atomic E-state index is 9.03. The van der Waals surface area contributed by atoms with Crippen LogP contribution in [0.2, 0.25) is 0 Å². The second-order valence-electron chi connectivity index (χ2n) is 3.79. The Labute approximate surface area is 99.8 Å². The van der Waals surface area contributed by atoms with Crippen molar-refractivity contribution in [3.05, 3.63) is 22.9 Å². The van der Waals surface area contributed by atoms with Gasteiger partial charge in [-0.15, -0.1) is 11.8 Å². The molecule has 1 heterocycles. The average molecular weight is 239 g/mol. The summed E-state index contributed by atoms with van der Waals surface area (Å²) in [5.74, 6) is 0.0256. The van der Waals surface area contributed by atoms with Gasteiger partial charge in [0, 0.05) is 10.9 Å². The molecule has 1 aromatic rings. The molecule has 1 unspecified atom stereocenters. The molecule has 0 amide bonds. The van der Waals surface area contributed by atoms with E-state index in [4.69, 9.17) is 16.2 Å². The standard InChI is InChI=1S/C11H17N3OS/c1-6-4-7(2)14-11(9(6)10(12)13)16-8(3)5-15/h4,8,15H,5H2,1-3H3,(H3,12,13). The van der Waals surface area contributed by atoms with Gasteiger partial charge in [-0.2, -0.15) is 0 Å². The molecule has 16 heavy (non-hydrogen) atoms. The quantitative estimate of drug-likeness (QED) is 0.422. The lowest BCUT2D eigenvalue weighted by Crippen LogP contribution is -2.16. The summed E-state index contributed by atoms with van der Waals surface area (Å²) >= 11 is 1.44. The number of nitrogen functional groups attached to an aromatic ring is 1. The van der Waals surface area contributed by atoms with E-state index in [0.29, 0.717) is 5.56 Å². The first-order valence-corrected chi connectivity index (χ1v) is 5.93. The lowest BCUT2D eigenvalue weighted by Gasteiger charge is -2.13. The third-order valence-electron chi connectivity index (χ3n) is 2.15. The fourth-order valence-electron chi connectivity index (χ4n) is 1.44. The van der Waals surface area contributed by atoms with Crippen molar-refractivity contribution in [2.75, 3.05) is 6.61 Å². The second-order valence-corrected chi connectivity index (χ2v) is 5.21. The number of aromatic nitrogens is 1. The van der Waals surface area contributed by atoms with Gasteiger partial charge < -0.3 is 10.8 Å². The van der Waals surface area contributed by atoms with Crippen molar-refractivity contribution in [1.82, 2.24) is 4.98 Å². The molecule has 0 aliphatic carbocycles. The third kappa shape index (κ3) is 2.96. The number of aliphatic hydroxyl groups excluding tert-OH is 1. The molecule has 0 bridgehead atoms. The van der Waals surface area contributed by atoms with Crippen LogP contribution in [-0.4, -0.2) is 27.8 Å². The van der Waals surface area contributed by atoms with Gasteiger partial charge in [0.25, 0.3) is 0 Å². The predicted octanol–water partition coefficient (Wildman–Crippen LogP) is 1.46. The van der Waals surface area contributed by atoms with Crippen LogP contribution in [-0.2, 0) is 0 Å². The molecule has 88 valence electrons. The first-order chi connectivity index (χ1) is 7.45. The zero-order valence-corrected chi connectivity index (χ0v) is 10.6. The first kappa shape index (κ1) is 13.0. The van der Waals surface area contributed by atoms with Crippen molar-refractivity contribution < 1.29 is 5.11 Å². The number of amidine groups is 1. The van der Waals surface area contributed by atoms with Crippen LogP contribution in [0.5, 0.6) is 0 Å². The molecule has 0 aliphatic heterocycles. The van der Waals surface area contributed by atoms with Crippen molar-refractivity contribution in [3.8, 4) is 0 Å². The summed E-state index contributed by atoms with van der Waals surface area (Å²) in [5, 5.41) is 17.4. The molecular formula is C11H17N3OS. The zero-order valence-electron chi connectivity index (χ0n) is 9.74. The van der Waals surface area contributed by atoms with Gasteiger partial charge in [-0.3, -0.25) is 5.41 Å². The van der Waals surface area contributed by atoms with Gasteiger partial charge in [0.05, 0.1) is 12.2 Å². The van der Waals surface area contributed by atoms with E-state index in [-0.39, 0.29) is 17.7 Å². The number of hydrogen-bond acceptors (Lipinski definition) is 4. The Morgan fingerprint density at radius 1 is 1.62 bits per heavy atom. The summed E-state index contributed by atoms with van der Waals surface area (Å²) < 4.78 is 0. The molecule has 0 fully saturated rings. The summed E-state index contributed by atoms with van der Waals surface area (Å²) in [5.41, 5.74) is 8.08. The van der Waals surface area contributed by atoms with Crippen LogP contribution in [0.15, 0.2) is 11.1 Å². The van der Waals surface area contributed by atoms with Crippen LogP contribution in [0.3, 0.4) is 0 Å². The van der Waals surface area contributed by atoms with Crippen molar-refractivity contribution >= 4 is 17.6 Å². The summed E-state index contributed by atoms with van der Waals surface area (Å²) in [4.78, 5) is 4.37. The minimum atomic E-state index is 0.0256. The minimum absolute atomic E-state index is 0.0256. The van der Waals surface area contributed by atoms with E-state index < -0.39 is 0 Å². The van der Waals surface area contributed by atoms with Gasteiger partial charge in [0.15, 0.2) is 0 Å². The maximum Gasteiger partial charge on any atom is 0.125 e. The number of aryl methyl sites for hydroxylation is 2. The fourth-order valence-corrected chi connectivity index (χ4v) is 2.48. The highest BCUT2D eigenvalue weighted by Crippen LogP contribution is 2.27. The smallest absolute Gasteiger partial charge is 0.125 e. The van der Waals surface area contributed by atoms with Crippen LogP contribution in [0.4, 0.5) is 0 Å². The van der Waals surface area contributed by atoms with Crippen LogP contribution >= 0.6 is 11.8 Å². The lowest BCUT2D eigenvalue weighted by molar-refractivity contribution is 0.300. The molecule has 0 radical (unpaired) electrons. The zero-order chi connectivity index (χ0) is 12.3. The Morgan fingerprint density at radius 2 is 2.25 bits per heavy atom. The highest BCUT2D eigenvalue weighted by atomic mass is 32.2. The number of nitrogens with two attached hydrogens (primary N) is 1. The van der Waals surface area contributed by atoms with Crippen LogP contribution in [0.25, 0.3) is 0 Å². The molecule has 0 saturated carbocycles. The summed E-state index contributed by atoms with van der Waals surface area (Å²) in [6.07, 6.45) is 0. The third-order valence-corrected chi connectivity index (χ3v) is 3.22. The van der Waals surface area contributed by atoms with E-state index in [0.717, 1.165) is 16.3 Å². The molecule has 0 aliphatic rings. The molecule has 4 nitrogen and oxygen atoms in total. The van der Waals surface area contributed by atoms with Crippen LogP contribution < -0.4 is 5.73 Å². The topological polar surface area (TPSA) is 83.0 Å². The van der Waals surface area contributed by atoms with Gasteiger partial charge >= 0.3 is 0 Å². The predicted molar refractivity (Wildman–Crippen MR) is 67.1 cm³/mol. The number of hydrogen-bond donors (Lipinski definition) is 3. The highest BCUT2D eigenvalue weighted by Gasteiger charge is 2.14. The van der Waals surface area contributed by atoms with E-state index >= 15 is 0 Å².